The molecule has 0 atom stereocenters. The van der Waals surface area contributed by atoms with Crippen LogP contribution in [0, 0.1) is 11.6 Å². The number of nitrogens with two attached hydrogens (primary N) is 2. The summed E-state index contributed by atoms with van der Waals surface area (Å²) >= 11 is 0. The lowest BCUT2D eigenvalue weighted by Gasteiger charge is -2.07. The van der Waals surface area contributed by atoms with Gasteiger partial charge in [0.05, 0.1) is 11.1 Å². The minimum atomic E-state index is -4.65. The Bertz CT molecular complexity index is 645. The van der Waals surface area contributed by atoms with Crippen molar-refractivity contribution in [1.82, 2.24) is 0 Å². The Kier molecular flexibility index (Phi) is 5.64. The first-order valence-corrected chi connectivity index (χ1v) is 6.07. The Labute approximate surface area is 130 Å². The molecule has 0 aliphatic rings. The Morgan fingerprint density at radius 1 is 0.583 bits per heavy atom. The van der Waals surface area contributed by atoms with Gasteiger partial charge in [-0.05, 0) is 36.4 Å². The van der Waals surface area contributed by atoms with E-state index in [0.717, 1.165) is 12.1 Å². The highest BCUT2D eigenvalue weighted by molar-refractivity contribution is 5.41. The van der Waals surface area contributed by atoms with Gasteiger partial charge in [-0.1, -0.05) is 0 Å². The van der Waals surface area contributed by atoms with Gasteiger partial charge in [0, 0.05) is 11.4 Å². The van der Waals surface area contributed by atoms with E-state index in [0.29, 0.717) is 24.3 Å². The summed E-state index contributed by atoms with van der Waals surface area (Å²) in [6, 6.07) is 4.53. The van der Waals surface area contributed by atoms with Crippen LogP contribution in [0.1, 0.15) is 11.1 Å². The summed E-state index contributed by atoms with van der Waals surface area (Å²) in [7, 11) is 0. The van der Waals surface area contributed by atoms with E-state index in [4.69, 9.17) is 11.5 Å². The number of alkyl halides is 6. The lowest BCUT2D eigenvalue weighted by Crippen LogP contribution is -2.08. The molecule has 0 spiro atoms. The molecule has 2 rings (SSSR count). The third-order valence-corrected chi connectivity index (χ3v) is 2.60. The van der Waals surface area contributed by atoms with E-state index in [-0.39, 0.29) is 11.4 Å². The van der Waals surface area contributed by atoms with Crippen LogP contribution in [0.3, 0.4) is 0 Å². The molecule has 2 nitrogen and oxygen atoms in total. The van der Waals surface area contributed by atoms with Gasteiger partial charge in [0.1, 0.15) is 11.6 Å². The van der Waals surface area contributed by atoms with Crippen LogP contribution in [-0.2, 0) is 12.4 Å². The first-order chi connectivity index (χ1) is 10.8. The van der Waals surface area contributed by atoms with E-state index in [1.807, 2.05) is 0 Å². The summed E-state index contributed by atoms with van der Waals surface area (Å²) in [5.74, 6) is -2.69. The van der Waals surface area contributed by atoms with Crippen molar-refractivity contribution in [3.63, 3.8) is 0 Å². The molecule has 24 heavy (non-hydrogen) atoms. The third-order valence-electron chi connectivity index (χ3n) is 2.60. The smallest absolute Gasteiger partial charge is 0.399 e. The van der Waals surface area contributed by atoms with Crippen LogP contribution in [0.4, 0.5) is 46.5 Å². The standard InChI is InChI=1S/2C7H5F4N/c2*8-6-3-4(12)1-2-5(6)7(9,10)11/h2*1-3H,12H2. The molecule has 0 radical (unpaired) electrons. The average Bonchev–Trinajstić information content (AvgIpc) is 2.35. The molecule has 0 amide bonds. The molecular weight excluding hydrogens is 348 g/mol. The number of benzene rings is 2. The number of halogens is 8. The summed E-state index contributed by atoms with van der Waals surface area (Å²) < 4.78 is 96.5. The topological polar surface area (TPSA) is 52.0 Å². The minimum Gasteiger partial charge on any atom is -0.399 e. The maximum absolute atomic E-state index is 12.5. The molecule has 0 unspecified atom stereocenters. The Balaban J connectivity index is 0.000000240. The molecule has 0 aliphatic carbocycles. The van der Waals surface area contributed by atoms with E-state index < -0.39 is 35.1 Å². The quantitative estimate of drug-likeness (QED) is 0.522. The molecule has 10 heteroatoms. The normalized spacial score (nSPS) is 11.7. The predicted octanol–water partition coefficient (Wildman–Crippen LogP) is 4.85. The summed E-state index contributed by atoms with van der Waals surface area (Å²) in [4.78, 5) is 0. The van der Waals surface area contributed by atoms with Crippen molar-refractivity contribution in [2.45, 2.75) is 12.4 Å². The molecule has 0 heterocycles. The van der Waals surface area contributed by atoms with Gasteiger partial charge in [0.2, 0.25) is 0 Å². The molecule has 4 N–H and O–H groups in total. The highest BCUT2D eigenvalue weighted by Gasteiger charge is 2.34. The zero-order chi connectivity index (χ0) is 18.7. The highest BCUT2D eigenvalue weighted by atomic mass is 19.4. The van der Waals surface area contributed by atoms with Crippen LogP contribution in [-0.4, -0.2) is 0 Å². The highest BCUT2D eigenvalue weighted by Crippen LogP contribution is 2.32. The largest absolute Gasteiger partial charge is 0.419 e. The van der Waals surface area contributed by atoms with Crippen LogP contribution >= 0.6 is 0 Å². The van der Waals surface area contributed by atoms with Gasteiger partial charge < -0.3 is 11.5 Å². The van der Waals surface area contributed by atoms with Gasteiger partial charge in [-0.15, -0.1) is 0 Å². The molecular formula is C14H10F8N2. The third kappa shape index (κ3) is 5.28. The van der Waals surface area contributed by atoms with Crippen molar-refractivity contribution < 1.29 is 35.1 Å². The fraction of sp³-hybridized carbons (Fsp3) is 0.143. The van der Waals surface area contributed by atoms with E-state index in [2.05, 4.69) is 0 Å². The van der Waals surface area contributed by atoms with Crippen molar-refractivity contribution in [2.75, 3.05) is 11.5 Å². The second-order valence-electron chi connectivity index (χ2n) is 4.47. The predicted molar refractivity (Wildman–Crippen MR) is 71.6 cm³/mol. The summed E-state index contributed by atoms with van der Waals surface area (Å²) in [6.07, 6.45) is -9.31. The van der Waals surface area contributed by atoms with Crippen LogP contribution in [0.2, 0.25) is 0 Å². The monoisotopic (exact) mass is 358 g/mol. The van der Waals surface area contributed by atoms with Gasteiger partial charge >= 0.3 is 12.4 Å². The van der Waals surface area contributed by atoms with Gasteiger partial charge in [0.15, 0.2) is 0 Å². The first-order valence-electron chi connectivity index (χ1n) is 6.07. The summed E-state index contributed by atoms with van der Waals surface area (Å²) in [5, 5.41) is 0. The van der Waals surface area contributed by atoms with Crippen LogP contribution in [0.5, 0.6) is 0 Å². The maximum atomic E-state index is 12.5. The average molecular weight is 358 g/mol. The van der Waals surface area contributed by atoms with E-state index >= 15 is 0 Å². The lowest BCUT2D eigenvalue weighted by molar-refractivity contribution is -0.140. The summed E-state index contributed by atoms with van der Waals surface area (Å²) in [5.41, 5.74) is 7.48. The van der Waals surface area contributed by atoms with Gasteiger partial charge in [-0.2, -0.15) is 26.3 Å². The SMILES string of the molecule is Nc1ccc(C(F)(F)F)c(F)c1.Nc1ccc(C(F)(F)F)c(F)c1. The van der Waals surface area contributed by atoms with Crippen LogP contribution < -0.4 is 11.5 Å². The molecule has 0 saturated heterocycles. The van der Waals surface area contributed by atoms with E-state index in [1.54, 1.807) is 0 Å². The van der Waals surface area contributed by atoms with Gasteiger partial charge in [-0.25, -0.2) is 8.78 Å². The van der Waals surface area contributed by atoms with Crippen LogP contribution in [0.15, 0.2) is 36.4 Å². The molecule has 0 aliphatic heterocycles. The Morgan fingerprint density at radius 3 is 1.08 bits per heavy atom. The van der Waals surface area contributed by atoms with Crippen molar-refractivity contribution >= 4 is 11.4 Å². The van der Waals surface area contributed by atoms with Crippen molar-refractivity contribution in [1.29, 1.82) is 0 Å². The van der Waals surface area contributed by atoms with E-state index in [1.165, 1.54) is 0 Å². The number of anilines is 2. The van der Waals surface area contributed by atoms with Crippen molar-refractivity contribution in [3.05, 3.63) is 59.2 Å². The zero-order valence-electron chi connectivity index (χ0n) is 11.6. The summed E-state index contributed by atoms with van der Waals surface area (Å²) in [6.45, 7) is 0. The molecule has 0 bridgehead atoms. The fourth-order valence-electron chi connectivity index (χ4n) is 1.52. The Morgan fingerprint density at radius 2 is 0.875 bits per heavy atom. The van der Waals surface area contributed by atoms with Gasteiger partial charge in [0.25, 0.3) is 0 Å². The number of hydrogen-bond donors (Lipinski definition) is 2. The first kappa shape index (κ1) is 19.5. The maximum Gasteiger partial charge on any atom is 0.419 e. The lowest BCUT2D eigenvalue weighted by atomic mass is 10.2. The zero-order valence-corrected chi connectivity index (χ0v) is 11.6. The second-order valence-corrected chi connectivity index (χ2v) is 4.47. The minimum absolute atomic E-state index is 0.0273. The molecule has 0 aromatic heterocycles. The van der Waals surface area contributed by atoms with E-state index in [9.17, 15) is 35.1 Å². The number of hydrogen-bond acceptors (Lipinski definition) is 2. The fourth-order valence-corrected chi connectivity index (χ4v) is 1.52. The molecule has 2 aromatic carbocycles. The van der Waals surface area contributed by atoms with Crippen LogP contribution in [0.25, 0.3) is 0 Å². The Hall–Kier alpha value is -2.52. The number of nitrogen functional groups attached to an aromatic ring is 2. The number of rotatable bonds is 0. The molecule has 132 valence electrons. The molecule has 0 saturated carbocycles. The van der Waals surface area contributed by atoms with Gasteiger partial charge in [-0.3, -0.25) is 0 Å². The van der Waals surface area contributed by atoms with Crippen molar-refractivity contribution in [2.24, 2.45) is 0 Å². The second kappa shape index (κ2) is 6.93. The van der Waals surface area contributed by atoms with Crippen molar-refractivity contribution in [3.8, 4) is 0 Å². The molecule has 2 aromatic rings. The molecule has 0 fully saturated rings.